The van der Waals surface area contributed by atoms with Crippen molar-refractivity contribution in [3.05, 3.63) is 35.6 Å². The quantitative estimate of drug-likeness (QED) is 0.350. The van der Waals surface area contributed by atoms with Crippen LogP contribution in [0, 0.1) is 5.82 Å². The maximum atomic E-state index is 13.4. The van der Waals surface area contributed by atoms with Crippen molar-refractivity contribution in [2.45, 2.75) is 31.9 Å². The lowest BCUT2D eigenvalue weighted by atomic mass is 10.1. The first-order chi connectivity index (χ1) is 10.4. The van der Waals surface area contributed by atoms with Gasteiger partial charge in [-0.2, -0.15) is 13.2 Å². The molecule has 0 unspecified atom stereocenters. The number of hydrogen-bond donors (Lipinski definition) is 2. The Morgan fingerprint density at radius 1 is 1.09 bits per heavy atom. The van der Waals surface area contributed by atoms with Crippen LogP contribution >= 0.6 is 0 Å². The molecule has 0 bridgehead atoms. The molecule has 0 aromatic heterocycles. The van der Waals surface area contributed by atoms with Gasteiger partial charge in [-0.05, 0) is 30.9 Å². The van der Waals surface area contributed by atoms with Crippen LogP contribution in [0.4, 0.5) is 17.6 Å². The zero-order valence-corrected chi connectivity index (χ0v) is 12.5. The Kier molecular flexibility index (Phi) is 7.70. The Morgan fingerprint density at radius 2 is 1.77 bits per heavy atom. The molecule has 0 saturated carbocycles. The number of rotatable bonds is 7. The number of halogens is 4. The summed E-state index contributed by atoms with van der Waals surface area (Å²) < 4.78 is 49.4. The minimum Gasteiger partial charge on any atom is -0.356 e. The number of unbranched alkanes of at least 4 members (excludes halogenated alkanes) is 1. The molecule has 0 amide bonds. The average molecular weight is 319 g/mol. The van der Waals surface area contributed by atoms with Gasteiger partial charge in [0.25, 0.3) is 0 Å². The topological polar surface area (TPSA) is 36.4 Å². The maximum Gasteiger partial charge on any atom is 0.389 e. The van der Waals surface area contributed by atoms with Crippen molar-refractivity contribution in [1.29, 1.82) is 0 Å². The van der Waals surface area contributed by atoms with Crippen LogP contribution in [0.25, 0.3) is 0 Å². The first kappa shape index (κ1) is 18.3. The fraction of sp³-hybridized carbons (Fsp3) is 0.533. The Hall–Kier alpha value is -1.79. The van der Waals surface area contributed by atoms with Crippen LogP contribution in [0.2, 0.25) is 0 Å². The monoisotopic (exact) mass is 319 g/mol. The van der Waals surface area contributed by atoms with Crippen LogP contribution in [-0.2, 0) is 6.42 Å². The first-order valence-corrected chi connectivity index (χ1v) is 7.17. The van der Waals surface area contributed by atoms with Crippen LogP contribution in [0.15, 0.2) is 29.3 Å². The van der Waals surface area contributed by atoms with E-state index in [1.165, 1.54) is 6.07 Å². The van der Waals surface area contributed by atoms with Crippen LogP contribution in [0.5, 0.6) is 0 Å². The van der Waals surface area contributed by atoms with E-state index in [0.29, 0.717) is 37.5 Å². The minimum atomic E-state index is -4.10. The summed E-state index contributed by atoms with van der Waals surface area (Å²) in [5.74, 6) is 0.253. The van der Waals surface area contributed by atoms with Crippen molar-refractivity contribution in [3.8, 4) is 0 Å². The summed E-state index contributed by atoms with van der Waals surface area (Å²) in [5.41, 5.74) is 0.607. The molecule has 2 N–H and O–H groups in total. The van der Waals surface area contributed by atoms with Gasteiger partial charge in [0.05, 0.1) is 0 Å². The molecular formula is C15H21F4N3. The van der Waals surface area contributed by atoms with Crippen molar-refractivity contribution in [2.24, 2.45) is 4.99 Å². The van der Waals surface area contributed by atoms with Gasteiger partial charge in [-0.3, -0.25) is 4.99 Å². The largest absolute Gasteiger partial charge is 0.389 e. The van der Waals surface area contributed by atoms with Crippen molar-refractivity contribution in [2.75, 3.05) is 20.1 Å². The molecule has 1 aromatic rings. The van der Waals surface area contributed by atoms with E-state index >= 15 is 0 Å². The van der Waals surface area contributed by atoms with Gasteiger partial charge in [-0.25, -0.2) is 4.39 Å². The van der Waals surface area contributed by atoms with Gasteiger partial charge < -0.3 is 10.6 Å². The van der Waals surface area contributed by atoms with Gasteiger partial charge in [0.2, 0.25) is 0 Å². The fourth-order valence-corrected chi connectivity index (χ4v) is 1.89. The fourth-order valence-electron chi connectivity index (χ4n) is 1.89. The normalized spacial score (nSPS) is 12.3. The highest BCUT2D eigenvalue weighted by molar-refractivity contribution is 5.79. The molecule has 0 saturated heterocycles. The van der Waals surface area contributed by atoms with Crippen LogP contribution in [0.3, 0.4) is 0 Å². The van der Waals surface area contributed by atoms with Crippen LogP contribution < -0.4 is 10.6 Å². The molecule has 0 heterocycles. The zero-order valence-electron chi connectivity index (χ0n) is 12.5. The highest BCUT2D eigenvalue weighted by atomic mass is 19.4. The number of nitrogens with one attached hydrogen (secondary N) is 2. The Labute approximate surface area is 127 Å². The minimum absolute atomic E-state index is 0.0860. The summed E-state index contributed by atoms with van der Waals surface area (Å²) in [7, 11) is 1.58. The number of guanidine groups is 1. The zero-order chi connectivity index (χ0) is 16.4. The Bertz CT molecular complexity index is 472. The third-order valence-electron chi connectivity index (χ3n) is 3.05. The summed E-state index contributed by atoms with van der Waals surface area (Å²) >= 11 is 0. The summed E-state index contributed by atoms with van der Waals surface area (Å²) in [6.45, 7) is 0.901. The Morgan fingerprint density at radius 3 is 2.41 bits per heavy atom. The van der Waals surface area contributed by atoms with E-state index in [9.17, 15) is 17.6 Å². The molecule has 1 rings (SSSR count). The maximum absolute atomic E-state index is 13.4. The molecule has 1 aromatic carbocycles. The lowest BCUT2D eigenvalue weighted by molar-refractivity contribution is -0.135. The van der Waals surface area contributed by atoms with Gasteiger partial charge in [0.15, 0.2) is 5.96 Å². The molecule has 0 fully saturated rings. The van der Waals surface area contributed by atoms with E-state index in [-0.39, 0.29) is 12.2 Å². The average Bonchev–Trinajstić information content (AvgIpc) is 2.45. The van der Waals surface area contributed by atoms with Crippen LogP contribution in [0.1, 0.15) is 24.8 Å². The second-order valence-corrected chi connectivity index (χ2v) is 4.84. The smallest absolute Gasteiger partial charge is 0.356 e. The third kappa shape index (κ3) is 7.85. The number of nitrogens with zero attached hydrogens (tertiary/aromatic N) is 1. The van der Waals surface area contributed by atoms with Crippen LogP contribution in [-0.4, -0.2) is 32.3 Å². The van der Waals surface area contributed by atoms with E-state index in [0.717, 1.165) is 0 Å². The SMILES string of the molecule is CN=C(NCCCCC(F)(F)F)NCCc1ccccc1F. The van der Waals surface area contributed by atoms with Crippen molar-refractivity contribution in [3.63, 3.8) is 0 Å². The van der Waals surface area contributed by atoms with Gasteiger partial charge in [-0.15, -0.1) is 0 Å². The standard InChI is InChI=1S/C15H21F4N3/c1-20-14(21-10-5-4-9-15(17,18)19)22-11-8-12-6-2-3-7-13(12)16/h2-3,6-7H,4-5,8-11H2,1H3,(H2,20,21,22). The lowest BCUT2D eigenvalue weighted by Crippen LogP contribution is -2.38. The first-order valence-electron chi connectivity index (χ1n) is 7.17. The highest BCUT2D eigenvalue weighted by Crippen LogP contribution is 2.21. The molecule has 124 valence electrons. The predicted octanol–water partition coefficient (Wildman–Crippen LogP) is 3.27. The molecule has 0 radical (unpaired) electrons. The third-order valence-corrected chi connectivity index (χ3v) is 3.05. The summed E-state index contributed by atoms with van der Waals surface area (Å²) in [5, 5.41) is 5.94. The molecule has 0 atom stereocenters. The molecular weight excluding hydrogens is 298 g/mol. The molecule has 22 heavy (non-hydrogen) atoms. The lowest BCUT2D eigenvalue weighted by Gasteiger charge is -2.12. The van der Waals surface area contributed by atoms with E-state index in [4.69, 9.17) is 0 Å². The van der Waals surface area contributed by atoms with Gasteiger partial charge >= 0.3 is 6.18 Å². The van der Waals surface area contributed by atoms with Crippen molar-refractivity contribution >= 4 is 5.96 Å². The number of hydrogen-bond acceptors (Lipinski definition) is 1. The molecule has 7 heteroatoms. The number of aliphatic imine (C=N–C) groups is 1. The van der Waals surface area contributed by atoms with E-state index in [1.807, 2.05) is 0 Å². The second kappa shape index (κ2) is 9.27. The molecule has 3 nitrogen and oxygen atoms in total. The Balaban J connectivity index is 2.19. The van der Waals surface area contributed by atoms with Gasteiger partial charge in [0, 0.05) is 26.6 Å². The summed E-state index contributed by atoms with van der Waals surface area (Å²) in [4.78, 5) is 3.97. The van der Waals surface area contributed by atoms with Crippen molar-refractivity contribution in [1.82, 2.24) is 10.6 Å². The molecule has 0 spiro atoms. The number of benzene rings is 1. The molecule has 0 aliphatic heterocycles. The summed E-state index contributed by atoms with van der Waals surface area (Å²) in [6, 6.07) is 6.52. The summed E-state index contributed by atoms with van der Waals surface area (Å²) in [6.07, 6.45) is -3.87. The van der Waals surface area contributed by atoms with E-state index in [1.54, 1.807) is 25.2 Å². The second-order valence-electron chi connectivity index (χ2n) is 4.84. The van der Waals surface area contributed by atoms with Gasteiger partial charge in [0.1, 0.15) is 5.82 Å². The molecule has 0 aliphatic rings. The van der Waals surface area contributed by atoms with Gasteiger partial charge in [-0.1, -0.05) is 18.2 Å². The predicted molar refractivity (Wildman–Crippen MR) is 79.4 cm³/mol. The number of alkyl halides is 3. The van der Waals surface area contributed by atoms with Crippen molar-refractivity contribution < 1.29 is 17.6 Å². The van der Waals surface area contributed by atoms with E-state index in [2.05, 4.69) is 15.6 Å². The van der Waals surface area contributed by atoms with E-state index < -0.39 is 12.6 Å². The molecule has 0 aliphatic carbocycles. The highest BCUT2D eigenvalue weighted by Gasteiger charge is 2.25.